The van der Waals surface area contributed by atoms with Crippen LogP contribution in [0.25, 0.3) is 0 Å². The third kappa shape index (κ3) is 4.81. The number of halogens is 1. The molecule has 0 aliphatic carbocycles. The molecular weight excluding hydrogens is 360 g/mol. The molecule has 6 nitrogen and oxygen atoms in total. The van der Waals surface area contributed by atoms with Crippen LogP contribution >= 0.6 is 7.60 Å². The van der Waals surface area contributed by atoms with E-state index in [1.165, 1.54) is 6.07 Å². The Bertz CT molecular complexity index is 863. The van der Waals surface area contributed by atoms with Crippen LogP contribution in [0.5, 0.6) is 11.5 Å². The molecule has 0 aliphatic heterocycles. The van der Waals surface area contributed by atoms with Gasteiger partial charge in [0.1, 0.15) is 5.75 Å². The van der Waals surface area contributed by atoms with E-state index in [2.05, 4.69) is 4.98 Å². The number of aryl methyl sites for hydroxylation is 1. The van der Waals surface area contributed by atoms with Gasteiger partial charge in [0.05, 0.1) is 5.69 Å². The highest BCUT2D eigenvalue weighted by atomic mass is 31.2. The number of hydrogen-bond acceptors (Lipinski definition) is 4. The van der Waals surface area contributed by atoms with Crippen molar-refractivity contribution in [2.24, 2.45) is 0 Å². The molecule has 8 heteroatoms. The Morgan fingerprint density at radius 2 is 1.92 bits per heavy atom. The van der Waals surface area contributed by atoms with Gasteiger partial charge in [-0.05, 0) is 54.7 Å². The molecule has 0 spiro atoms. The smallest absolute Gasteiger partial charge is 0.362 e. The Hall–Kier alpha value is -1.95. The molecule has 1 aromatic heterocycles. The van der Waals surface area contributed by atoms with Crippen LogP contribution < -0.4 is 4.74 Å². The number of rotatable bonds is 6. The first-order valence-electron chi connectivity index (χ1n) is 8.14. The van der Waals surface area contributed by atoms with Gasteiger partial charge in [0.25, 0.3) is 0 Å². The van der Waals surface area contributed by atoms with E-state index >= 15 is 0 Å². The van der Waals surface area contributed by atoms with Crippen molar-refractivity contribution >= 4 is 7.60 Å². The minimum absolute atomic E-state index is 0.0531. The van der Waals surface area contributed by atoms with Gasteiger partial charge in [0.15, 0.2) is 17.9 Å². The van der Waals surface area contributed by atoms with Gasteiger partial charge in [-0.1, -0.05) is 13.8 Å². The Labute approximate surface area is 151 Å². The van der Waals surface area contributed by atoms with E-state index in [0.717, 1.165) is 11.1 Å². The zero-order valence-electron chi connectivity index (χ0n) is 15.2. The largest absolute Gasteiger partial charge is 0.506 e. The van der Waals surface area contributed by atoms with Crippen LogP contribution in [0.15, 0.2) is 18.2 Å². The second kappa shape index (κ2) is 7.74. The maximum absolute atomic E-state index is 14.6. The molecule has 0 radical (unpaired) electrons. The molecule has 0 saturated carbocycles. The zero-order valence-corrected chi connectivity index (χ0v) is 16.0. The predicted octanol–water partition coefficient (Wildman–Crippen LogP) is 3.77. The van der Waals surface area contributed by atoms with Crippen LogP contribution in [0.3, 0.4) is 0 Å². The van der Waals surface area contributed by atoms with Gasteiger partial charge in [0, 0.05) is 12.1 Å². The maximum Gasteiger partial charge on any atom is 0.362 e. The number of benzene rings is 1. The lowest BCUT2D eigenvalue weighted by atomic mass is 9.96. The van der Waals surface area contributed by atoms with Crippen LogP contribution in [-0.4, -0.2) is 26.2 Å². The number of pyridine rings is 1. The molecule has 0 bridgehead atoms. The molecule has 1 aromatic carbocycles. The molecular formula is C18H23FNO5P. The Morgan fingerprint density at radius 1 is 1.27 bits per heavy atom. The van der Waals surface area contributed by atoms with Crippen LogP contribution in [0.1, 0.15) is 47.8 Å². The Morgan fingerprint density at radius 3 is 2.50 bits per heavy atom. The van der Waals surface area contributed by atoms with Crippen LogP contribution in [0.2, 0.25) is 0 Å². The minimum atomic E-state index is -4.39. The van der Waals surface area contributed by atoms with E-state index in [1.54, 1.807) is 26.0 Å². The lowest BCUT2D eigenvalue weighted by Crippen LogP contribution is -2.06. The topological polar surface area (TPSA) is 99.9 Å². The van der Waals surface area contributed by atoms with Crippen molar-refractivity contribution in [1.82, 2.24) is 4.98 Å². The fourth-order valence-corrected chi connectivity index (χ4v) is 3.01. The van der Waals surface area contributed by atoms with Crippen LogP contribution in [0, 0.1) is 19.7 Å². The van der Waals surface area contributed by atoms with Crippen molar-refractivity contribution in [3.8, 4) is 11.5 Å². The quantitative estimate of drug-likeness (QED) is 0.657. The SMILES string of the molecule is Cc1cc(OCP(=O)(O)O)c(F)c(C)c1Cc1ccc(O)c(C(C)C)n1. The van der Waals surface area contributed by atoms with E-state index in [0.29, 0.717) is 23.4 Å². The van der Waals surface area contributed by atoms with Crippen LogP contribution in [0.4, 0.5) is 4.39 Å². The monoisotopic (exact) mass is 383 g/mol. The van der Waals surface area contributed by atoms with Gasteiger partial charge < -0.3 is 19.6 Å². The summed E-state index contributed by atoms with van der Waals surface area (Å²) in [6.07, 6.45) is -0.507. The van der Waals surface area contributed by atoms with Gasteiger partial charge >= 0.3 is 7.60 Å². The maximum atomic E-state index is 14.6. The summed E-state index contributed by atoms with van der Waals surface area (Å²) in [6.45, 7) is 7.21. The lowest BCUT2D eigenvalue weighted by molar-refractivity contribution is 0.291. The predicted molar refractivity (Wildman–Crippen MR) is 96.2 cm³/mol. The van der Waals surface area contributed by atoms with Gasteiger partial charge in [-0.3, -0.25) is 9.55 Å². The summed E-state index contributed by atoms with van der Waals surface area (Å²) in [6, 6.07) is 4.70. The first kappa shape index (κ1) is 20.4. The molecule has 0 atom stereocenters. The van der Waals surface area contributed by atoms with Crippen molar-refractivity contribution in [3.05, 3.63) is 52.1 Å². The van der Waals surface area contributed by atoms with E-state index in [4.69, 9.17) is 14.5 Å². The highest BCUT2D eigenvalue weighted by molar-refractivity contribution is 7.51. The van der Waals surface area contributed by atoms with E-state index in [-0.39, 0.29) is 17.4 Å². The van der Waals surface area contributed by atoms with E-state index < -0.39 is 19.8 Å². The minimum Gasteiger partial charge on any atom is -0.506 e. The molecule has 0 fully saturated rings. The van der Waals surface area contributed by atoms with Crippen molar-refractivity contribution in [3.63, 3.8) is 0 Å². The summed E-state index contributed by atoms with van der Waals surface area (Å²) in [5, 5.41) is 9.88. The molecule has 1 heterocycles. The average Bonchev–Trinajstić information content (AvgIpc) is 2.54. The first-order chi connectivity index (χ1) is 12.0. The highest BCUT2D eigenvalue weighted by Crippen LogP contribution is 2.36. The lowest BCUT2D eigenvalue weighted by Gasteiger charge is -2.16. The molecule has 142 valence electrons. The second-order valence-electron chi connectivity index (χ2n) is 6.59. The van der Waals surface area contributed by atoms with Gasteiger partial charge in [0.2, 0.25) is 0 Å². The van der Waals surface area contributed by atoms with Crippen LogP contribution in [-0.2, 0) is 11.0 Å². The highest BCUT2D eigenvalue weighted by Gasteiger charge is 2.19. The summed E-state index contributed by atoms with van der Waals surface area (Å²) < 4.78 is 30.4. The summed E-state index contributed by atoms with van der Waals surface area (Å²) in [7, 11) is -4.39. The number of ether oxygens (including phenoxy) is 1. The molecule has 26 heavy (non-hydrogen) atoms. The molecule has 2 aromatic rings. The van der Waals surface area contributed by atoms with Crippen molar-refractivity contribution < 1.29 is 28.6 Å². The molecule has 0 amide bonds. The molecule has 2 rings (SSSR count). The summed E-state index contributed by atoms with van der Waals surface area (Å²) >= 11 is 0. The van der Waals surface area contributed by atoms with Gasteiger partial charge in [-0.2, -0.15) is 0 Å². The number of aromatic nitrogens is 1. The molecule has 0 unspecified atom stereocenters. The van der Waals surface area contributed by atoms with E-state index in [9.17, 15) is 14.1 Å². The summed E-state index contributed by atoms with van der Waals surface area (Å²) in [4.78, 5) is 22.2. The second-order valence-corrected chi connectivity index (χ2v) is 8.17. The zero-order chi connectivity index (χ0) is 19.6. The molecule has 0 saturated heterocycles. The normalized spacial score (nSPS) is 11.8. The van der Waals surface area contributed by atoms with Gasteiger partial charge in [-0.15, -0.1) is 0 Å². The fourth-order valence-electron chi connectivity index (χ4n) is 2.71. The first-order valence-corrected chi connectivity index (χ1v) is 9.94. The summed E-state index contributed by atoms with van der Waals surface area (Å²) in [5.41, 5.74) is 3.07. The fraction of sp³-hybridized carbons (Fsp3) is 0.389. The Kier molecular flexibility index (Phi) is 6.06. The standard InChI is InChI=1S/C18H23FNO5P/c1-10(2)18-15(21)6-5-13(20-18)8-14-11(3)7-16(17(19)12(14)4)25-9-26(22,23)24/h5-7,10,21H,8-9H2,1-4H3,(H2,22,23,24). The van der Waals surface area contributed by atoms with Crippen molar-refractivity contribution in [1.29, 1.82) is 0 Å². The third-order valence-electron chi connectivity index (χ3n) is 4.07. The third-order valence-corrected chi connectivity index (χ3v) is 4.54. The van der Waals surface area contributed by atoms with Gasteiger partial charge in [-0.25, -0.2) is 4.39 Å². The summed E-state index contributed by atoms with van der Waals surface area (Å²) in [5.74, 6) is -0.655. The van der Waals surface area contributed by atoms with Crippen molar-refractivity contribution in [2.75, 3.05) is 6.35 Å². The van der Waals surface area contributed by atoms with Crippen molar-refractivity contribution in [2.45, 2.75) is 40.0 Å². The Balaban J connectivity index is 2.35. The number of hydrogen-bond donors (Lipinski definition) is 3. The molecule has 3 N–H and O–H groups in total. The van der Waals surface area contributed by atoms with E-state index in [1.807, 2.05) is 13.8 Å². The molecule has 0 aliphatic rings. The average molecular weight is 383 g/mol. The number of aromatic hydroxyl groups is 1. The number of nitrogens with zero attached hydrogens (tertiary/aromatic N) is 1.